The fourth-order valence-corrected chi connectivity index (χ4v) is 2.73. The molecule has 3 aromatic rings. The van der Waals surface area contributed by atoms with Crippen molar-refractivity contribution in [3.05, 3.63) is 69.8 Å². The van der Waals surface area contributed by atoms with Crippen molar-refractivity contribution in [3.8, 4) is 5.82 Å². The molecule has 0 fully saturated rings. The third kappa shape index (κ3) is 3.32. The van der Waals surface area contributed by atoms with Crippen LogP contribution < -0.4 is 4.90 Å². The molecule has 0 saturated carbocycles. The van der Waals surface area contributed by atoms with E-state index in [9.17, 15) is 10.1 Å². The molecule has 2 aromatic heterocycles. The summed E-state index contributed by atoms with van der Waals surface area (Å²) in [5.74, 6) is 0.423. The van der Waals surface area contributed by atoms with Gasteiger partial charge in [0.15, 0.2) is 0 Å². The van der Waals surface area contributed by atoms with E-state index in [4.69, 9.17) is 0 Å². The van der Waals surface area contributed by atoms with Crippen LogP contribution >= 0.6 is 0 Å². The topological polar surface area (TPSA) is 90.0 Å². The Morgan fingerprint density at radius 2 is 1.92 bits per heavy atom. The van der Waals surface area contributed by atoms with Crippen molar-refractivity contribution in [1.29, 1.82) is 0 Å². The Morgan fingerprint density at radius 1 is 1.20 bits per heavy atom. The monoisotopic (exact) mass is 338 g/mol. The van der Waals surface area contributed by atoms with Crippen molar-refractivity contribution < 1.29 is 4.92 Å². The molecule has 0 unspecified atom stereocenters. The number of hydrogen-bond donors (Lipinski definition) is 0. The first-order valence-corrected chi connectivity index (χ1v) is 7.75. The third-order valence-corrected chi connectivity index (χ3v) is 3.80. The molecule has 0 bridgehead atoms. The molecule has 8 nitrogen and oxygen atoms in total. The van der Waals surface area contributed by atoms with Gasteiger partial charge in [-0.3, -0.25) is 10.1 Å². The van der Waals surface area contributed by atoms with Crippen LogP contribution in [0.5, 0.6) is 0 Å². The highest BCUT2D eigenvalue weighted by molar-refractivity contribution is 5.65. The first kappa shape index (κ1) is 16.6. The number of nitro groups is 1. The molecular weight excluding hydrogens is 320 g/mol. The maximum absolute atomic E-state index is 11.7. The van der Waals surface area contributed by atoms with Gasteiger partial charge in [-0.15, -0.1) is 0 Å². The maximum atomic E-state index is 11.7. The number of rotatable bonds is 5. The number of anilines is 1. The van der Waals surface area contributed by atoms with Crippen LogP contribution in [0.3, 0.4) is 0 Å². The lowest BCUT2D eigenvalue weighted by atomic mass is 10.2. The second-order valence-electron chi connectivity index (χ2n) is 5.81. The summed E-state index contributed by atoms with van der Waals surface area (Å²) < 4.78 is 1.48. The molecule has 0 spiro atoms. The van der Waals surface area contributed by atoms with E-state index in [-0.39, 0.29) is 17.3 Å². The standard InChI is InChI=1S/C17H18N6O2/c1-12-9-13(2)22(20-12)17-15(23(24)25)16(18-11-19-17)21(3)10-14-7-5-4-6-8-14/h4-9,11H,10H2,1-3H3. The number of nitrogens with zero attached hydrogens (tertiary/aromatic N) is 6. The average molecular weight is 338 g/mol. The zero-order valence-electron chi connectivity index (χ0n) is 14.2. The highest BCUT2D eigenvalue weighted by atomic mass is 16.6. The van der Waals surface area contributed by atoms with E-state index < -0.39 is 4.92 Å². The second-order valence-corrected chi connectivity index (χ2v) is 5.81. The minimum atomic E-state index is -0.456. The van der Waals surface area contributed by atoms with Gasteiger partial charge in [0.25, 0.3) is 0 Å². The zero-order chi connectivity index (χ0) is 18.0. The van der Waals surface area contributed by atoms with Crippen LogP contribution in [0.1, 0.15) is 17.0 Å². The zero-order valence-corrected chi connectivity index (χ0v) is 14.2. The summed E-state index contributed by atoms with van der Waals surface area (Å²) in [4.78, 5) is 21.3. The molecule has 0 atom stereocenters. The van der Waals surface area contributed by atoms with Crippen molar-refractivity contribution in [2.75, 3.05) is 11.9 Å². The van der Waals surface area contributed by atoms with Crippen LogP contribution in [0.4, 0.5) is 11.5 Å². The van der Waals surface area contributed by atoms with Crippen LogP contribution in [0.25, 0.3) is 5.82 Å². The van der Waals surface area contributed by atoms with E-state index in [2.05, 4.69) is 15.1 Å². The molecule has 0 N–H and O–H groups in total. The molecule has 3 rings (SSSR count). The molecule has 2 heterocycles. The molecule has 0 saturated heterocycles. The first-order chi connectivity index (χ1) is 12.0. The Bertz CT molecular complexity index is 907. The minimum Gasteiger partial charge on any atom is -0.349 e. The first-order valence-electron chi connectivity index (χ1n) is 7.75. The van der Waals surface area contributed by atoms with Crippen molar-refractivity contribution in [1.82, 2.24) is 19.7 Å². The molecule has 0 amide bonds. The van der Waals surface area contributed by atoms with Gasteiger partial charge in [0.2, 0.25) is 11.6 Å². The van der Waals surface area contributed by atoms with Gasteiger partial charge >= 0.3 is 5.69 Å². The lowest BCUT2D eigenvalue weighted by Gasteiger charge is -2.18. The van der Waals surface area contributed by atoms with Gasteiger partial charge in [0.1, 0.15) is 6.33 Å². The summed E-state index contributed by atoms with van der Waals surface area (Å²) in [7, 11) is 1.77. The van der Waals surface area contributed by atoms with Crippen LogP contribution in [0.15, 0.2) is 42.7 Å². The van der Waals surface area contributed by atoms with Crippen molar-refractivity contribution in [3.63, 3.8) is 0 Å². The Kier molecular flexibility index (Phi) is 4.42. The largest absolute Gasteiger partial charge is 0.355 e. The maximum Gasteiger partial charge on any atom is 0.355 e. The lowest BCUT2D eigenvalue weighted by Crippen LogP contribution is -2.20. The summed E-state index contributed by atoms with van der Waals surface area (Å²) in [5.41, 5.74) is 2.42. The summed E-state index contributed by atoms with van der Waals surface area (Å²) in [6.07, 6.45) is 1.33. The molecule has 128 valence electrons. The van der Waals surface area contributed by atoms with Gasteiger partial charge < -0.3 is 4.90 Å². The van der Waals surface area contributed by atoms with E-state index in [0.29, 0.717) is 6.54 Å². The van der Waals surface area contributed by atoms with Gasteiger partial charge in [0.05, 0.1) is 10.6 Å². The Labute approximate surface area is 144 Å². The summed E-state index contributed by atoms with van der Waals surface area (Å²) >= 11 is 0. The van der Waals surface area contributed by atoms with Crippen LogP contribution in [-0.4, -0.2) is 31.7 Å². The fraction of sp³-hybridized carbons (Fsp3) is 0.235. The normalized spacial score (nSPS) is 10.7. The Morgan fingerprint density at radius 3 is 2.52 bits per heavy atom. The average Bonchev–Trinajstić information content (AvgIpc) is 2.93. The SMILES string of the molecule is Cc1cc(C)n(-c2ncnc(N(C)Cc3ccccc3)c2[N+](=O)[O-])n1. The smallest absolute Gasteiger partial charge is 0.349 e. The van der Waals surface area contributed by atoms with Gasteiger partial charge in [-0.1, -0.05) is 30.3 Å². The number of hydrogen-bond acceptors (Lipinski definition) is 6. The van der Waals surface area contributed by atoms with Gasteiger partial charge in [-0.2, -0.15) is 5.10 Å². The predicted molar refractivity (Wildman–Crippen MR) is 93.8 cm³/mol. The minimum absolute atomic E-state index is 0.160. The van der Waals surface area contributed by atoms with E-state index in [1.165, 1.54) is 11.0 Å². The molecule has 0 radical (unpaired) electrons. The molecule has 0 aliphatic rings. The van der Waals surface area contributed by atoms with E-state index >= 15 is 0 Å². The van der Waals surface area contributed by atoms with Crippen molar-refractivity contribution in [2.24, 2.45) is 0 Å². The summed E-state index contributed by atoms with van der Waals surface area (Å²) in [6, 6.07) is 11.6. The van der Waals surface area contributed by atoms with Gasteiger partial charge in [-0.25, -0.2) is 14.6 Å². The van der Waals surface area contributed by atoms with Crippen molar-refractivity contribution >= 4 is 11.5 Å². The molecule has 8 heteroatoms. The molecule has 0 aliphatic carbocycles. The Balaban J connectivity index is 2.07. The second kappa shape index (κ2) is 6.68. The number of aryl methyl sites for hydroxylation is 2. The molecule has 1 aromatic carbocycles. The van der Waals surface area contributed by atoms with Crippen LogP contribution in [0, 0.1) is 24.0 Å². The lowest BCUT2D eigenvalue weighted by molar-refractivity contribution is -0.384. The van der Waals surface area contributed by atoms with E-state index in [0.717, 1.165) is 17.0 Å². The third-order valence-electron chi connectivity index (χ3n) is 3.80. The van der Waals surface area contributed by atoms with E-state index in [1.54, 1.807) is 11.9 Å². The van der Waals surface area contributed by atoms with Gasteiger partial charge in [0, 0.05) is 19.3 Å². The number of benzene rings is 1. The van der Waals surface area contributed by atoms with Crippen LogP contribution in [0.2, 0.25) is 0 Å². The highest BCUT2D eigenvalue weighted by Gasteiger charge is 2.28. The highest BCUT2D eigenvalue weighted by Crippen LogP contribution is 2.31. The van der Waals surface area contributed by atoms with Crippen LogP contribution in [-0.2, 0) is 6.54 Å². The molecule has 25 heavy (non-hydrogen) atoms. The summed E-state index contributed by atoms with van der Waals surface area (Å²) in [5, 5.41) is 16.1. The summed E-state index contributed by atoms with van der Waals surface area (Å²) in [6.45, 7) is 4.16. The molecular formula is C17H18N6O2. The number of aromatic nitrogens is 4. The van der Waals surface area contributed by atoms with E-state index in [1.807, 2.05) is 50.2 Å². The predicted octanol–water partition coefficient (Wildman–Crippen LogP) is 2.82. The van der Waals surface area contributed by atoms with Crippen molar-refractivity contribution in [2.45, 2.75) is 20.4 Å². The molecule has 0 aliphatic heterocycles. The van der Waals surface area contributed by atoms with Gasteiger partial charge in [-0.05, 0) is 25.5 Å². The quantitative estimate of drug-likeness (QED) is 0.525. The Hall–Kier alpha value is -3.29. The fourth-order valence-electron chi connectivity index (χ4n) is 2.73.